The molecule has 0 radical (unpaired) electrons. The van der Waals surface area contributed by atoms with E-state index in [2.05, 4.69) is 0 Å². The van der Waals surface area contributed by atoms with Gasteiger partial charge in [0.1, 0.15) is 18.1 Å². The molecule has 13 heteroatoms. The zero-order valence-corrected chi connectivity index (χ0v) is 22.2. The van der Waals surface area contributed by atoms with Crippen molar-refractivity contribution in [3.63, 3.8) is 0 Å². The lowest BCUT2D eigenvalue weighted by Crippen LogP contribution is -2.62. The molecular weight excluding hydrogens is 478 g/mol. The molecule has 0 saturated carbocycles. The molecule has 0 bridgehead atoms. The van der Waals surface area contributed by atoms with Crippen LogP contribution in [0.4, 0.5) is 0 Å². The van der Waals surface area contributed by atoms with E-state index in [-0.39, 0.29) is 0 Å². The first kappa shape index (κ1) is 33.2. The summed E-state index contributed by atoms with van der Waals surface area (Å²) in [6, 6.07) is -5.83. The van der Waals surface area contributed by atoms with Crippen molar-refractivity contribution in [2.75, 3.05) is 13.1 Å². The van der Waals surface area contributed by atoms with Gasteiger partial charge in [-0.2, -0.15) is 0 Å². The minimum absolute atomic E-state index is 0.438. The van der Waals surface area contributed by atoms with Crippen LogP contribution >= 0.6 is 0 Å². The molecule has 0 aliphatic carbocycles. The van der Waals surface area contributed by atoms with E-state index >= 15 is 0 Å². The fraction of sp³-hybridized carbons (Fsp3) is 0.783. The Bertz CT molecular complexity index is 807. The number of nitrogens with zero attached hydrogens (tertiary/aromatic N) is 3. The zero-order valence-electron chi connectivity index (χ0n) is 22.2. The summed E-state index contributed by atoms with van der Waals surface area (Å²) in [6.07, 6.45) is 0. The molecule has 36 heavy (non-hydrogen) atoms. The van der Waals surface area contributed by atoms with Crippen molar-refractivity contribution in [3.05, 3.63) is 0 Å². The van der Waals surface area contributed by atoms with Crippen molar-refractivity contribution in [2.24, 2.45) is 5.92 Å². The van der Waals surface area contributed by atoms with E-state index in [0.29, 0.717) is 0 Å². The summed E-state index contributed by atoms with van der Waals surface area (Å²) >= 11 is 0. The third-order valence-corrected chi connectivity index (χ3v) is 7.36. The van der Waals surface area contributed by atoms with Crippen molar-refractivity contribution in [1.82, 2.24) is 14.7 Å². The molecule has 13 nitrogen and oxygen atoms in total. The smallest absolute Gasteiger partial charge is 0.320 e. The van der Waals surface area contributed by atoms with Gasteiger partial charge < -0.3 is 25.5 Å². The number of rotatable bonds is 17. The molecule has 0 aliphatic rings. The predicted molar refractivity (Wildman–Crippen MR) is 129 cm³/mol. The van der Waals surface area contributed by atoms with Gasteiger partial charge in [0.15, 0.2) is 0 Å². The van der Waals surface area contributed by atoms with Crippen LogP contribution in [0.3, 0.4) is 0 Å². The van der Waals surface area contributed by atoms with E-state index in [1.54, 1.807) is 39.5 Å². The summed E-state index contributed by atoms with van der Waals surface area (Å²) in [7, 11) is 0. The first-order chi connectivity index (χ1) is 16.4. The molecule has 0 aromatic carbocycles. The average Bonchev–Trinajstić information content (AvgIpc) is 2.77. The average molecular weight is 520 g/mol. The first-order valence-corrected chi connectivity index (χ1v) is 11.8. The predicted octanol–water partition coefficient (Wildman–Crippen LogP) is 0.671. The van der Waals surface area contributed by atoms with E-state index < -0.39 is 91.1 Å². The van der Waals surface area contributed by atoms with Crippen LogP contribution in [-0.4, -0.2) is 125 Å². The van der Waals surface area contributed by atoms with Crippen LogP contribution in [-0.2, 0) is 24.0 Å². The van der Waals surface area contributed by atoms with Crippen LogP contribution in [0.15, 0.2) is 0 Å². The molecular formula is C23H41N3O10. The normalized spacial score (nSPS) is 18.6. The van der Waals surface area contributed by atoms with Crippen LogP contribution in [0.2, 0.25) is 0 Å². The lowest BCUT2D eigenvalue weighted by Gasteiger charge is -2.47. The van der Waals surface area contributed by atoms with Gasteiger partial charge in [-0.1, -0.05) is 6.92 Å². The number of carboxylic acids is 5. The highest BCUT2D eigenvalue weighted by Gasteiger charge is 2.41. The number of carboxylic acid groups (broad SMARTS) is 5. The Morgan fingerprint density at radius 2 is 0.833 bits per heavy atom. The SMILES string of the molecule is CC(C(C)N(CC(=O)O)C(C)C(=O)O)C(C)N(C(C)C(=O)O)C(C)C(C)N(CC(=O)O)C(C)C(=O)O. The Labute approximate surface area is 211 Å². The molecule has 5 N–H and O–H groups in total. The molecule has 8 unspecified atom stereocenters. The molecule has 0 fully saturated rings. The monoisotopic (exact) mass is 519 g/mol. The Morgan fingerprint density at radius 3 is 1.14 bits per heavy atom. The molecule has 0 aliphatic heterocycles. The maximum atomic E-state index is 12.0. The van der Waals surface area contributed by atoms with E-state index in [4.69, 9.17) is 0 Å². The summed E-state index contributed by atoms with van der Waals surface area (Å²) in [5.41, 5.74) is 0. The Balaban J connectivity index is 6.34. The highest BCUT2D eigenvalue weighted by atomic mass is 16.4. The quantitative estimate of drug-likeness (QED) is 0.180. The standard InChI is InChI=1S/C23H41N3O10/c1-11(12(2)24(9-19(27)28)16(6)21(31)32)13(3)26(18(8)23(35)36)15(5)14(4)25(10-20(29)30)17(7)22(33)34/h11-18H,9-10H2,1-8H3,(H,27,28)(H,29,30)(H,31,32)(H,33,34)(H,35,36). The minimum atomic E-state index is -1.23. The highest BCUT2D eigenvalue weighted by molar-refractivity contribution is 5.76. The summed E-state index contributed by atoms with van der Waals surface area (Å²) in [5.74, 6) is -6.46. The molecule has 8 atom stereocenters. The summed E-state index contributed by atoms with van der Waals surface area (Å²) in [5, 5.41) is 47.4. The van der Waals surface area contributed by atoms with Crippen LogP contribution in [0.25, 0.3) is 0 Å². The van der Waals surface area contributed by atoms with Gasteiger partial charge in [0.05, 0.1) is 13.1 Å². The van der Waals surface area contributed by atoms with Crippen molar-refractivity contribution < 1.29 is 49.5 Å². The highest BCUT2D eigenvalue weighted by Crippen LogP contribution is 2.27. The minimum Gasteiger partial charge on any atom is -0.480 e. The first-order valence-electron chi connectivity index (χ1n) is 11.8. The molecule has 0 spiro atoms. The molecule has 0 aromatic rings. The molecule has 208 valence electrons. The van der Waals surface area contributed by atoms with Gasteiger partial charge in [-0.05, 0) is 54.4 Å². The van der Waals surface area contributed by atoms with Crippen LogP contribution in [0.5, 0.6) is 0 Å². The lowest BCUT2D eigenvalue weighted by atomic mass is 9.89. The van der Waals surface area contributed by atoms with Crippen molar-refractivity contribution in [1.29, 1.82) is 0 Å². The molecule has 0 rings (SSSR count). The Kier molecular flexibility index (Phi) is 13.0. The Hall–Kier alpha value is -2.77. The van der Waals surface area contributed by atoms with Crippen LogP contribution < -0.4 is 0 Å². The van der Waals surface area contributed by atoms with Gasteiger partial charge in [0, 0.05) is 24.2 Å². The zero-order chi connectivity index (χ0) is 28.7. The number of aliphatic carboxylic acids is 5. The third-order valence-electron chi connectivity index (χ3n) is 7.36. The van der Waals surface area contributed by atoms with Gasteiger partial charge in [-0.25, -0.2) is 0 Å². The summed E-state index contributed by atoms with van der Waals surface area (Å²) in [6.45, 7) is 11.5. The maximum absolute atomic E-state index is 12.0. The Morgan fingerprint density at radius 1 is 0.500 bits per heavy atom. The molecule has 0 amide bonds. The van der Waals surface area contributed by atoms with Gasteiger partial charge in [-0.15, -0.1) is 0 Å². The van der Waals surface area contributed by atoms with Crippen molar-refractivity contribution >= 4 is 29.8 Å². The number of hydrogen-bond acceptors (Lipinski definition) is 8. The van der Waals surface area contributed by atoms with Gasteiger partial charge in [0.2, 0.25) is 0 Å². The fourth-order valence-electron chi connectivity index (χ4n) is 4.57. The van der Waals surface area contributed by atoms with E-state index in [0.717, 1.165) is 0 Å². The van der Waals surface area contributed by atoms with Crippen molar-refractivity contribution in [3.8, 4) is 0 Å². The van der Waals surface area contributed by atoms with E-state index in [9.17, 15) is 49.5 Å². The summed E-state index contributed by atoms with van der Waals surface area (Å²) < 4.78 is 0. The summed E-state index contributed by atoms with van der Waals surface area (Å²) in [4.78, 5) is 62.3. The van der Waals surface area contributed by atoms with Gasteiger partial charge in [-0.3, -0.25) is 38.7 Å². The topological polar surface area (TPSA) is 196 Å². The van der Waals surface area contributed by atoms with Gasteiger partial charge >= 0.3 is 29.8 Å². The maximum Gasteiger partial charge on any atom is 0.320 e. The van der Waals surface area contributed by atoms with E-state index in [1.807, 2.05) is 0 Å². The third kappa shape index (κ3) is 8.71. The molecule has 0 saturated heterocycles. The largest absolute Gasteiger partial charge is 0.480 e. The number of hydrogen-bond donors (Lipinski definition) is 5. The second-order valence-electron chi connectivity index (χ2n) is 9.44. The van der Waals surface area contributed by atoms with Crippen molar-refractivity contribution in [2.45, 2.75) is 97.7 Å². The number of carbonyl (C=O) groups is 5. The van der Waals surface area contributed by atoms with Crippen LogP contribution in [0, 0.1) is 5.92 Å². The lowest BCUT2D eigenvalue weighted by molar-refractivity contribution is -0.153. The van der Waals surface area contributed by atoms with Crippen LogP contribution in [0.1, 0.15) is 55.4 Å². The van der Waals surface area contributed by atoms with Gasteiger partial charge in [0.25, 0.3) is 0 Å². The fourth-order valence-corrected chi connectivity index (χ4v) is 4.57. The van der Waals surface area contributed by atoms with E-state index in [1.165, 1.54) is 30.6 Å². The molecule has 0 heterocycles. The molecule has 0 aromatic heterocycles. The second kappa shape index (κ2) is 14.1. The second-order valence-corrected chi connectivity index (χ2v) is 9.44.